The molecule has 1 aliphatic heterocycles. The van der Waals surface area contributed by atoms with Gasteiger partial charge in [-0.3, -0.25) is 4.90 Å². The van der Waals surface area contributed by atoms with Gasteiger partial charge in [0.05, 0.1) is 6.61 Å². The number of hydrogen-bond donors (Lipinski definition) is 1. The number of nitrogens with zero attached hydrogens (tertiary/aromatic N) is 1. The van der Waals surface area contributed by atoms with E-state index in [0.29, 0.717) is 0 Å². The lowest BCUT2D eigenvalue weighted by Gasteiger charge is -2.36. The van der Waals surface area contributed by atoms with Crippen LogP contribution in [0.2, 0.25) is 0 Å². The normalized spacial score (nSPS) is 20.0. The van der Waals surface area contributed by atoms with Crippen LogP contribution < -0.4 is 5.32 Å². The molecular formula is C18H38N2O. The molecule has 0 bridgehead atoms. The zero-order chi connectivity index (χ0) is 15.2. The van der Waals surface area contributed by atoms with Gasteiger partial charge in [0, 0.05) is 26.2 Å². The fourth-order valence-electron chi connectivity index (χ4n) is 3.30. The highest BCUT2D eigenvalue weighted by Gasteiger charge is 2.21. The molecule has 0 aromatic carbocycles. The Hall–Kier alpha value is -0.120. The molecule has 0 saturated carbocycles. The van der Waals surface area contributed by atoms with Crippen LogP contribution in [-0.4, -0.2) is 50.8 Å². The molecule has 3 heteroatoms. The van der Waals surface area contributed by atoms with Gasteiger partial charge in [-0.2, -0.15) is 0 Å². The molecule has 1 rings (SSSR count). The lowest BCUT2D eigenvalue weighted by molar-refractivity contribution is 0.137. The van der Waals surface area contributed by atoms with Crippen LogP contribution in [-0.2, 0) is 4.74 Å². The summed E-state index contributed by atoms with van der Waals surface area (Å²) in [7, 11) is 1.77. The van der Waals surface area contributed by atoms with Crippen molar-refractivity contribution in [1.82, 2.24) is 10.2 Å². The van der Waals surface area contributed by atoms with Gasteiger partial charge in [0.2, 0.25) is 0 Å². The molecule has 1 aliphatic rings. The van der Waals surface area contributed by atoms with Crippen molar-refractivity contribution in [3.8, 4) is 0 Å². The highest BCUT2D eigenvalue weighted by molar-refractivity contribution is 4.78. The highest BCUT2D eigenvalue weighted by Crippen LogP contribution is 2.17. The van der Waals surface area contributed by atoms with Gasteiger partial charge < -0.3 is 10.1 Å². The maximum atomic E-state index is 5.10. The van der Waals surface area contributed by atoms with Crippen molar-refractivity contribution in [2.24, 2.45) is 0 Å². The highest BCUT2D eigenvalue weighted by atomic mass is 16.5. The van der Waals surface area contributed by atoms with E-state index < -0.39 is 0 Å². The van der Waals surface area contributed by atoms with Crippen LogP contribution in [0.5, 0.6) is 0 Å². The van der Waals surface area contributed by atoms with E-state index >= 15 is 0 Å². The number of rotatable bonds is 13. The summed E-state index contributed by atoms with van der Waals surface area (Å²) in [5.41, 5.74) is 0. The first-order valence-electron chi connectivity index (χ1n) is 9.32. The monoisotopic (exact) mass is 298 g/mol. The predicted octanol–water partition coefficient (Wildman–Crippen LogP) is 3.83. The Kier molecular flexibility index (Phi) is 12.2. The molecule has 1 fully saturated rings. The summed E-state index contributed by atoms with van der Waals surface area (Å²) in [6.45, 7) is 7.86. The fraction of sp³-hybridized carbons (Fsp3) is 1.00. The summed E-state index contributed by atoms with van der Waals surface area (Å²) >= 11 is 0. The Balaban J connectivity index is 2.06. The average Bonchev–Trinajstić information content (AvgIpc) is 2.52. The van der Waals surface area contributed by atoms with E-state index in [9.17, 15) is 0 Å². The van der Waals surface area contributed by atoms with Gasteiger partial charge in [-0.25, -0.2) is 0 Å². The molecule has 0 aliphatic carbocycles. The summed E-state index contributed by atoms with van der Waals surface area (Å²) in [6.07, 6.45) is 14.1. The summed E-state index contributed by atoms with van der Waals surface area (Å²) in [6, 6.07) is 0.760. The minimum atomic E-state index is 0.760. The molecule has 0 aromatic heterocycles. The molecule has 126 valence electrons. The third-order valence-electron chi connectivity index (χ3n) is 4.66. The molecule has 1 atom stereocenters. The largest absolute Gasteiger partial charge is 0.383 e. The van der Waals surface area contributed by atoms with Gasteiger partial charge in [-0.1, -0.05) is 51.9 Å². The first kappa shape index (κ1) is 18.9. The Morgan fingerprint density at radius 3 is 2.57 bits per heavy atom. The van der Waals surface area contributed by atoms with Gasteiger partial charge in [-0.05, 0) is 32.4 Å². The van der Waals surface area contributed by atoms with Crippen LogP contribution in [0.25, 0.3) is 0 Å². The number of piperidine rings is 1. The van der Waals surface area contributed by atoms with Crippen molar-refractivity contribution in [3.05, 3.63) is 0 Å². The second kappa shape index (κ2) is 13.5. The summed E-state index contributed by atoms with van der Waals surface area (Å²) in [5.74, 6) is 0. The molecule has 1 unspecified atom stereocenters. The minimum Gasteiger partial charge on any atom is -0.383 e. The second-order valence-corrected chi connectivity index (χ2v) is 6.50. The van der Waals surface area contributed by atoms with Crippen molar-refractivity contribution >= 4 is 0 Å². The quantitative estimate of drug-likeness (QED) is 0.523. The SMILES string of the molecule is CCCCCCCCCN1CCCCC1CNCCOC. The zero-order valence-corrected chi connectivity index (χ0v) is 14.5. The number of methoxy groups -OCH3 is 1. The lowest BCUT2D eigenvalue weighted by Crippen LogP contribution is -2.46. The second-order valence-electron chi connectivity index (χ2n) is 6.50. The maximum Gasteiger partial charge on any atom is 0.0587 e. The van der Waals surface area contributed by atoms with Crippen molar-refractivity contribution < 1.29 is 4.74 Å². The van der Waals surface area contributed by atoms with Crippen molar-refractivity contribution in [3.63, 3.8) is 0 Å². The van der Waals surface area contributed by atoms with Gasteiger partial charge in [0.1, 0.15) is 0 Å². The van der Waals surface area contributed by atoms with Crippen LogP contribution in [0.4, 0.5) is 0 Å². The fourth-order valence-corrected chi connectivity index (χ4v) is 3.30. The van der Waals surface area contributed by atoms with Gasteiger partial charge >= 0.3 is 0 Å². The van der Waals surface area contributed by atoms with Crippen molar-refractivity contribution in [1.29, 1.82) is 0 Å². The van der Waals surface area contributed by atoms with E-state index in [4.69, 9.17) is 4.74 Å². The van der Waals surface area contributed by atoms with Crippen LogP contribution >= 0.6 is 0 Å². The molecule has 1 saturated heterocycles. The van der Waals surface area contributed by atoms with Crippen LogP contribution in [0, 0.1) is 0 Å². The Bertz CT molecular complexity index is 223. The molecule has 0 radical (unpaired) electrons. The van der Waals surface area contributed by atoms with E-state index in [1.165, 1.54) is 77.3 Å². The number of hydrogen-bond acceptors (Lipinski definition) is 3. The topological polar surface area (TPSA) is 24.5 Å². The van der Waals surface area contributed by atoms with Crippen molar-refractivity contribution in [2.45, 2.75) is 77.2 Å². The smallest absolute Gasteiger partial charge is 0.0587 e. The van der Waals surface area contributed by atoms with Crippen LogP contribution in [0.3, 0.4) is 0 Å². The summed E-state index contributed by atoms with van der Waals surface area (Å²) in [5, 5.41) is 3.54. The molecule has 1 N–H and O–H groups in total. The van der Waals surface area contributed by atoms with Gasteiger partial charge in [-0.15, -0.1) is 0 Å². The maximum absolute atomic E-state index is 5.10. The number of unbranched alkanes of at least 4 members (excludes halogenated alkanes) is 6. The minimum absolute atomic E-state index is 0.760. The van der Waals surface area contributed by atoms with Gasteiger partial charge in [0.15, 0.2) is 0 Å². The molecule has 1 heterocycles. The molecule has 21 heavy (non-hydrogen) atoms. The first-order valence-corrected chi connectivity index (χ1v) is 9.32. The van der Waals surface area contributed by atoms with Crippen molar-refractivity contribution in [2.75, 3.05) is 39.9 Å². The van der Waals surface area contributed by atoms with E-state index in [2.05, 4.69) is 17.1 Å². The average molecular weight is 299 g/mol. The number of ether oxygens (including phenoxy) is 1. The summed E-state index contributed by atoms with van der Waals surface area (Å²) in [4.78, 5) is 2.73. The third kappa shape index (κ3) is 9.49. The van der Waals surface area contributed by atoms with E-state index in [1.807, 2.05) is 0 Å². The predicted molar refractivity (Wildman–Crippen MR) is 92.0 cm³/mol. The molecule has 0 aromatic rings. The molecule has 0 amide bonds. The summed E-state index contributed by atoms with van der Waals surface area (Å²) < 4.78 is 5.10. The van der Waals surface area contributed by atoms with E-state index in [0.717, 1.165) is 25.7 Å². The standard InChI is InChI=1S/C18H38N2O/c1-3-4-5-6-7-8-10-14-20-15-11-9-12-18(20)17-19-13-16-21-2/h18-19H,3-17H2,1-2H3. The van der Waals surface area contributed by atoms with E-state index in [1.54, 1.807) is 7.11 Å². The van der Waals surface area contributed by atoms with Crippen LogP contribution in [0.1, 0.15) is 71.1 Å². The van der Waals surface area contributed by atoms with Crippen LogP contribution in [0.15, 0.2) is 0 Å². The zero-order valence-electron chi connectivity index (χ0n) is 14.5. The number of nitrogens with one attached hydrogen (secondary N) is 1. The Labute approximate surface area is 132 Å². The molecule has 0 spiro atoms. The number of likely N-dealkylation sites (tertiary alicyclic amines) is 1. The Morgan fingerprint density at radius 2 is 1.81 bits per heavy atom. The molecule has 3 nitrogen and oxygen atoms in total. The molecular weight excluding hydrogens is 260 g/mol. The lowest BCUT2D eigenvalue weighted by atomic mass is 10.0. The first-order chi connectivity index (χ1) is 10.4. The van der Waals surface area contributed by atoms with Gasteiger partial charge in [0.25, 0.3) is 0 Å². The third-order valence-corrected chi connectivity index (χ3v) is 4.66. The Morgan fingerprint density at radius 1 is 1.05 bits per heavy atom. The van der Waals surface area contributed by atoms with E-state index in [-0.39, 0.29) is 0 Å².